The summed E-state index contributed by atoms with van der Waals surface area (Å²) >= 11 is 0. The number of pyridine rings is 1. The van der Waals surface area contributed by atoms with E-state index in [9.17, 15) is 0 Å². The number of fused-ring (bicyclic) bond motifs is 1. The zero-order chi connectivity index (χ0) is 12.2. The lowest BCUT2D eigenvalue weighted by Gasteiger charge is -2.11. The summed E-state index contributed by atoms with van der Waals surface area (Å²) in [5.41, 5.74) is 4.18. The lowest BCUT2D eigenvalue weighted by atomic mass is 10.1. The number of aromatic nitrogens is 1. The van der Waals surface area contributed by atoms with Crippen molar-refractivity contribution in [1.82, 2.24) is 10.3 Å². The maximum absolute atomic E-state index is 4.34. The molecule has 1 heterocycles. The summed E-state index contributed by atoms with van der Waals surface area (Å²) < 4.78 is 0. The van der Waals surface area contributed by atoms with E-state index in [0.717, 1.165) is 13.0 Å². The quantitative estimate of drug-likeness (QED) is 0.884. The first-order valence-electron chi connectivity index (χ1n) is 6.62. The van der Waals surface area contributed by atoms with Crippen molar-refractivity contribution in [2.24, 2.45) is 0 Å². The van der Waals surface area contributed by atoms with Gasteiger partial charge in [0.05, 0.1) is 0 Å². The number of benzene rings is 1. The van der Waals surface area contributed by atoms with Crippen LogP contribution in [0.1, 0.15) is 16.8 Å². The summed E-state index contributed by atoms with van der Waals surface area (Å²) in [6, 6.07) is 15.5. The maximum atomic E-state index is 4.34. The highest BCUT2D eigenvalue weighted by molar-refractivity contribution is 5.33. The third-order valence-electron chi connectivity index (χ3n) is 3.59. The van der Waals surface area contributed by atoms with E-state index in [4.69, 9.17) is 0 Å². The summed E-state index contributed by atoms with van der Waals surface area (Å²) in [7, 11) is 0. The van der Waals surface area contributed by atoms with E-state index in [-0.39, 0.29) is 0 Å². The summed E-state index contributed by atoms with van der Waals surface area (Å²) in [5, 5.41) is 3.64. The number of hydrogen-bond acceptors (Lipinski definition) is 2. The molecule has 1 aliphatic rings. The molecule has 0 aliphatic heterocycles. The smallest absolute Gasteiger partial charge is 0.0416 e. The lowest BCUT2D eigenvalue weighted by molar-refractivity contribution is 0.534. The first-order valence-corrected chi connectivity index (χ1v) is 6.62. The van der Waals surface area contributed by atoms with Crippen molar-refractivity contribution in [3.63, 3.8) is 0 Å². The second-order valence-electron chi connectivity index (χ2n) is 4.90. The van der Waals surface area contributed by atoms with Crippen LogP contribution in [-0.2, 0) is 19.3 Å². The molecule has 0 spiro atoms. The molecule has 2 aromatic rings. The SMILES string of the molecule is c1ccc(CCNC2Cc3ccccc3C2)nc1. The molecule has 3 rings (SSSR count). The average molecular weight is 238 g/mol. The molecule has 2 heteroatoms. The first kappa shape index (κ1) is 11.4. The molecule has 0 radical (unpaired) electrons. The number of nitrogens with zero attached hydrogens (tertiary/aromatic N) is 1. The Bertz CT molecular complexity index is 483. The van der Waals surface area contributed by atoms with Crippen LogP contribution in [0.15, 0.2) is 48.7 Å². The van der Waals surface area contributed by atoms with Gasteiger partial charge in [-0.1, -0.05) is 30.3 Å². The Hall–Kier alpha value is -1.67. The van der Waals surface area contributed by atoms with E-state index in [1.807, 2.05) is 18.3 Å². The fourth-order valence-corrected chi connectivity index (χ4v) is 2.65. The van der Waals surface area contributed by atoms with Crippen LogP contribution in [0.3, 0.4) is 0 Å². The molecule has 1 aliphatic carbocycles. The monoisotopic (exact) mass is 238 g/mol. The highest BCUT2D eigenvalue weighted by Crippen LogP contribution is 2.21. The highest BCUT2D eigenvalue weighted by Gasteiger charge is 2.19. The summed E-state index contributed by atoms with van der Waals surface area (Å²) in [4.78, 5) is 4.34. The Morgan fingerprint density at radius 3 is 2.39 bits per heavy atom. The molecular weight excluding hydrogens is 220 g/mol. The molecule has 1 aromatic heterocycles. The van der Waals surface area contributed by atoms with Gasteiger partial charge in [-0.15, -0.1) is 0 Å². The lowest BCUT2D eigenvalue weighted by Crippen LogP contribution is -2.31. The van der Waals surface area contributed by atoms with Crippen LogP contribution in [0, 0.1) is 0 Å². The van der Waals surface area contributed by atoms with Crippen LogP contribution >= 0.6 is 0 Å². The van der Waals surface area contributed by atoms with E-state index in [2.05, 4.69) is 40.6 Å². The van der Waals surface area contributed by atoms with Crippen LogP contribution in [0.25, 0.3) is 0 Å². The van der Waals surface area contributed by atoms with E-state index in [0.29, 0.717) is 6.04 Å². The van der Waals surface area contributed by atoms with Crippen LogP contribution in [-0.4, -0.2) is 17.6 Å². The van der Waals surface area contributed by atoms with Crippen molar-refractivity contribution >= 4 is 0 Å². The minimum absolute atomic E-state index is 0.603. The van der Waals surface area contributed by atoms with Crippen LogP contribution in [0.2, 0.25) is 0 Å². The fraction of sp³-hybridized carbons (Fsp3) is 0.312. The predicted octanol–water partition coefficient (Wildman–Crippen LogP) is 2.38. The highest BCUT2D eigenvalue weighted by atomic mass is 14.9. The second-order valence-corrected chi connectivity index (χ2v) is 4.90. The zero-order valence-corrected chi connectivity index (χ0v) is 10.5. The molecule has 0 bridgehead atoms. The largest absolute Gasteiger partial charge is 0.313 e. The summed E-state index contributed by atoms with van der Waals surface area (Å²) in [6.45, 7) is 1.01. The van der Waals surface area contributed by atoms with Crippen LogP contribution in [0.4, 0.5) is 0 Å². The predicted molar refractivity (Wildman–Crippen MR) is 73.6 cm³/mol. The van der Waals surface area contributed by atoms with Gasteiger partial charge < -0.3 is 5.32 Å². The summed E-state index contributed by atoms with van der Waals surface area (Å²) in [6.07, 6.45) is 5.20. The minimum Gasteiger partial charge on any atom is -0.313 e. The normalized spacial score (nSPS) is 14.7. The molecule has 0 saturated carbocycles. The number of nitrogens with one attached hydrogen (secondary N) is 1. The molecule has 0 unspecified atom stereocenters. The molecule has 92 valence electrons. The van der Waals surface area contributed by atoms with Gasteiger partial charge in [0, 0.05) is 30.9 Å². The van der Waals surface area contributed by atoms with Gasteiger partial charge in [0.2, 0.25) is 0 Å². The Balaban J connectivity index is 1.49. The van der Waals surface area contributed by atoms with Gasteiger partial charge in [0.25, 0.3) is 0 Å². The molecule has 0 fully saturated rings. The van der Waals surface area contributed by atoms with E-state index in [1.165, 1.54) is 29.7 Å². The van der Waals surface area contributed by atoms with Crippen molar-refractivity contribution < 1.29 is 0 Å². The van der Waals surface area contributed by atoms with E-state index in [1.54, 1.807) is 0 Å². The van der Waals surface area contributed by atoms with Gasteiger partial charge in [0.15, 0.2) is 0 Å². The average Bonchev–Trinajstić information content (AvgIpc) is 2.82. The molecule has 0 atom stereocenters. The van der Waals surface area contributed by atoms with Crippen molar-refractivity contribution in [1.29, 1.82) is 0 Å². The minimum atomic E-state index is 0.603. The van der Waals surface area contributed by atoms with Crippen LogP contribution in [0.5, 0.6) is 0 Å². The summed E-state index contributed by atoms with van der Waals surface area (Å²) in [5.74, 6) is 0. The van der Waals surface area contributed by atoms with Crippen molar-refractivity contribution in [2.45, 2.75) is 25.3 Å². The molecule has 0 amide bonds. The third kappa shape index (κ3) is 2.59. The second kappa shape index (κ2) is 5.32. The van der Waals surface area contributed by atoms with Gasteiger partial charge in [-0.25, -0.2) is 0 Å². The third-order valence-corrected chi connectivity index (χ3v) is 3.59. The van der Waals surface area contributed by atoms with Crippen molar-refractivity contribution in [2.75, 3.05) is 6.54 Å². The van der Waals surface area contributed by atoms with E-state index < -0.39 is 0 Å². The standard InChI is InChI=1S/C16H18N2/c1-2-6-14-12-16(11-13(14)5-1)18-10-8-15-7-3-4-9-17-15/h1-7,9,16,18H,8,10-12H2. The molecule has 0 saturated heterocycles. The number of rotatable bonds is 4. The Kier molecular flexibility index (Phi) is 3.37. The van der Waals surface area contributed by atoms with Gasteiger partial charge in [0.1, 0.15) is 0 Å². The molecule has 1 aromatic carbocycles. The van der Waals surface area contributed by atoms with Gasteiger partial charge in [-0.3, -0.25) is 4.98 Å². The fourth-order valence-electron chi connectivity index (χ4n) is 2.65. The molecule has 1 N–H and O–H groups in total. The van der Waals surface area contributed by atoms with E-state index >= 15 is 0 Å². The van der Waals surface area contributed by atoms with Gasteiger partial charge in [-0.05, 0) is 36.1 Å². The maximum Gasteiger partial charge on any atom is 0.0416 e. The van der Waals surface area contributed by atoms with Crippen molar-refractivity contribution in [3.05, 3.63) is 65.5 Å². The van der Waals surface area contributed by atoms with Crippen molar-refractivity contribution in [3.8, 4) is 0 Å². The van der Waals surface area contributed by atoms with Gasteiger partial charge >= 0.3 is 0 Å². The molecular formula is C16H18N2. The first-order chi connectivity index (χ1) is 8.92. The Morgan fingerprint density at radius 1 is 1.00 bits per heavy atom. The Morgan fingerprint density at radius 2 is 1.72 bits per heavy atom. The Labute approximate surface area is 108 Å². The molecule has 18 heavy (non-hydrogen) atoms. The zero-order valence-electron chi connectivity index (χ0n) is 10.5. The van der Waals surface area contributed by atoms with Gasteiger partial charge in [-0.2, -0.15) is 0 Å². The number of hydrogen-bond donors (Lipinski definition) is 1. The van der Waals surface area contributed by atoms with Crippen LogP contribution < -0.4 is 5.32 Å². The molecule has 2 nitrogen and oxygen atoms in total. The topological polar surface area (TPSA) is 24.9 Å².